The highest BCUT2D eigenvalue weighted by atomic mass is 14.9. The van der Waals surface area contributed by atoms with Crippen LogP contribution >= 0.6 is 0 Å². The molecule has 1 heteroatoms. The Labute approximate surface area is 83.3 Å². The minimum Gasteiger partial charge on any atom is -0.313 e. The van der Waals surface area contributed by atoms with Gasteiger partial charge in [-0.2, -0.15) is 0 Å². The van der Waals surface area contributed by atoms with Crippen molar-refractivity contribution in [2.75, 3.05) is 6.54 Å². The average Bonchev–Trinajstić information content (AvgIpc) is 2.93. The Bertz CT molecular complexity index is 138. The van der Waals surface area contributed by atoms with Gasteiger partial charge in [-0.25, -0.2) is 0 Å². The largest absolute Gasteiger partial charge is 0.313 e. The predicted molar refractivity (Wildman–Crippen MR) is 58.9 cm³/mol. The van der Waals surface area contributed by atoms with Gasteiger partial charge in [0.1, 0.15) is 0 Å². The van der Waals surface area contributed by atoms with Crippen LogP contribution in [0.3, 0.4) is 0 Å². The summed E-state index contributed by atoms with van der Waals surface area (Å²) < 4.78 is 0. The molecule has 1 nitrogen and oxygen atoms in total. The van der Waals surface area contributed by atoms with E-state index in [1.165, 1.54) is 45.1 Å². The van der Waals surface area contributed by atoms with Gasteiger partial charge in [0, 0.05) is 12.6 Å². The summed E-state index contributed by atoms with van der Waals surface area (Å²) in [6.07, 6.45) is 8.22. The molecule has 0 spiro atoms. The van der Waals surface area contributed by atoms with Crippen LogP contribution in [0.2, 0.25) is 0 Å². The van der Waals surface area contributed by atoms with Crippen molar-refractivity contribution >= 4 is 0 Å². The summed E-state index contributed by atoms with van der Waals surface area (Å²) in [5.41, 5.74) is 0.709. The SMILES string of the molecule is CCCC(CC)NCC1(CC)CC1. The third kappa shape index (κ3) is 3.30. The zero-order chi connectivity index (χ0) is 9.73. The van der Waals surface area contributed by atoms with Crippen LogP contribution in [0.1, 0.15) is 59.3 Å². The number of hydrogen-bond donors (Lipinski definition) is 1. The highest BCUT2D eigenvalue weighted by Gasteiger charge is 2.40. The molecular weight excluding hydrogens is 158 g/mol. The monoisotopic (exact) mass is 183 g/mol. The van der Waals surface area contributed by atoms with E-state index in [9.17, 15) is 0 Å². The molecule has 0 aromatic carbocycles. The molecular formula is C12H25N. The van der Waals surface area contributed by atoms with Gasteiger partial charge in [0.15, 0.2) is 0 Å². The molecule has 0 amide bonds. The summed E-state index contributed by atoms with van der Waals surface area (Å²) in [6.45, 7) is 8.16. The molecule has 1 atom stereocenters. The van der Waals surface area contributed by atoms with E-state index in [0.717, 1.165) is 6.04 Å². The maximum atomic E-state index is 3.72. The highest BCUT2D eigenvalue weighted by Crippen LogP contribution is 2.47. The van der Waals surface area contributed by atoms with E-state index in [1.54, 1.807) is 0 Å². The van der Waals surface area contributed by atoms with E-state index in [0.29, 0.717) is 5.41 Å². The Balaban J connectivity index is 2.15. The fraction of sp³-hybridized carbons (Fsp3) is 1.00. The zero-order valence-corrected chi connectivity index (χ0v) is 9.53. The lowest BCUT2D eigenvalue weighted by Gasteiger charge is -2.20. The van der Waals surface area contributed by atoms with Crippen LogP contribution in [-0.2, 0) is 0 Å². The van der Waals surface area contributed by atoms with Gasteiger partial charge >= 0.3 is 0 Å². The van der Waals surface area contributed by atoms with E-state index in [1.807, 2.05) is 0 Å². The second kappa shape index (κ2) is 4.99. The topological polar surface area (TPSA) is 12.0 Å². The van der Waals surface area contributed by atoms with Crippen LogP contribution in [0.15, 0.2) is 0 Å². The lowest BCUT2D eigenvalue weighted by molar-refractivity contribution is 0.380. The number of nitrogens with one attached hydrogen (secondary N) is 1. The molecule has 0 saturated heterocycles. The van der Waals surface area contributed by atoms with Crippen LogP contribution in [-0.4, -0.2) is 12.6 Å². The van der Waals surface area contributed by atoms with Crippen LogP contribution in [0.25, 0.3) is 0 Å². The van der Waals surface area contributed by atoms with E-state index in [2.05, 4.69) is 26.1 Å². The molecule has 1 unspecified atom stereocenters. The molecule has 0 aromatic heterocycles. The van der Waals surface area contributed by atoms with E-state index in [4.69, 9.17) is 0 Å². The first-order chi connectivity index (χ1) is 6.26. The Morgan fingerprint density at radius 1 is 1.23 bits per heavy atom. The van der Waals surface area contributed by atoms with Gasteiger partial charge in [-0.15, -0.1) is 0 Å². The smallest absolute Gasteiger partial charge is 0.00645 e. The van der Waals surface area contributed by atoms with Gasteiger partial charge in [0.05, 0.1) is 0 Å². The lowest BCUT2D eigenvalue weighted by Crippen LogP contribution is -2.33. The Morgan fingerprint density at radius 2 is 1.92 bits per heavy atom. The van der Waals surface area contributed by atoms with Crippen LogP contribution in [0.5, 0.6) is 0 Å². The highest BCUT2D eigenvalue weighted by molar-refractivity contribution is 4.94. The summed E-state index contributed by atoms with van der Waals surface area (Å²) in [5.74, 6) is 0. The van der Waals surface area contributed by atoms with Crippen molar-refractivity contribution < 1.29 is 0 Å². The first kappa shape index (κ1) is 11.0. The summed E-state index contributed by atoms with van der Waals surface area (Å²) in [7, 11) is 0. The third-order valence-electron chi connectivity index (χ3n) is 3.60. The quantitative estimate of drug-likeness (QED) is 0.638. The van der Waals surface area contributed by atoms with Gasteiger partial charge in [-0.05, 0) is 37.5 Å². The van der Waals surface area contributed by atoms with Gasteiger partial charge in [-0.3, -0.25) is 0 Å². The van der Waals surface area contributed by atoms with Crippen molar-refractivity contribution in [3.05, 3.63) is 0 Å². The predicted octanol–water partition coefficient (Wildman–Crippen LogP) is 3.34. The van der Waals surface area contributed by atoms with Crippen molar-refractivity contribution in [3.8, 4) is 0 Å². The van der Waals surface area contributed by atoms with Gasteiger partial charge in [0.2, 0.25) is 0 Å². The molecule has 1 aliphatic carbocycles. The summed E-state index contributed by atoms with van der Waals surface area (Å²) in [6, 6.07) is 0.772. The van der Waals surface area contributed by atoms with Crippen molar-refractivity contribution in [1.82, 2.24) is 5.32 Å². The van der Waals surface area contributed by atoms with E-state index < -0.39 is 0 Å². The van der Waals surface area contributed by atoms with Crippen LogP contribution < -0.4 is 5.32 Å². The maximum absolute atomic E-state index is 3.72. The van der Waals surface area contributed by atoms with Gasteiger partial charge in [-0.1, -0.05) is 27.2 Å². The van der Waals surface area contributed by atoms with Crippen LogP contribution in [0, 0.1) is 5.41 Å². The summed E-state index contributed by atoms with van der Waals surface area (Å²) in [5, 5.41) is 3.72. The number of hydrogen-bond acceptors (Lipinski definition) is 1. The molecule has 0 radical (unpaired) electrons. The normalized spacial score (nSPS) is 21.5. The molecule has 78 valence electrons. The standard InChI is InChI=1S/C12H25N/c1-4-7-11(5-2)13-10-12(6-3)8-9-12/h11,13H,4-10H2,1-3H3. The van der Waals surface area contributed by atoms with Crippen molar-refractivity contribution in [1.29, 1.82) is 0 Å². The maximum Gasteiger partial charge on any atom is 0.00645 e. The van der Waals surface area contributed by atoms with Gasteiger partial charge in [0.25, 0.3) is 0 Å². The second-order valence-electron chi connectivity index (χ2n) is 4.63. The average molecular weight is 183 g/mol. The van der Waals surface area contributed by atoms with Crippen molar-refractivity contribution in [3.63, 3.8) is 0 Å². The first-order valence-electron chi connectivity index (χ1n) is 5.99. The summed E-state index contributed by atoms with van der Waals surface area (Å²) >= 11 is 0. The fourth-order valence-corrected chi connectivity index (χ4v) is 1.99. The van der Waals surface area contributed by atoms with Crippen molar-refractivity contribution in [2.24, 2.45) is 5.41 Å². The molecule has 1 N–H and O–H groups in total. The second-order valence-corrected chi connectivity index (χ2v) is 4.63. The van der Waals surface area contributed by atoms with E-state index >= 15 is 0 Å². The molecule has 0 heterocycles. The molecule has 0 aromatic rings. The van der Waals surface area contributed by atoms with E-state index in [-0.39, 0.29) is 0 Å². The molecule has 1 aliphatic rings. The summed E-state index contributed by atoms with van der Waals surface area (Å²) in [4.78, 5) is 0. The lowest BCUT2D eigenvalue weighted by atomic mass is 10.0. The van der Waals surface area contributed by atoms with Gasteiger partial charge < -0.3 is 5.32 Å². The molecule has 0 aliphatic heterocycles. The molecule has 0 bridgehead atoms. The molecule has 1 rings (SSSR count). The molecule has 13 heavy (non-hydrogen) atoms. The van der Waals surface area contributed by atoms with Crippen molar-refractivity contribution in [2.45, 2.75) is 65.3 Å². The Hall–Kier alpha value is -0.0400. The Morgan fingerprint density at radius 3 is 2.31 bits per heavy atom. The third-order valence-corrected chi connectivity index (χ3v) is 3.60. The first-order valence-corrected chi connectivity index (χ1v) is 5.99. The fourth-order valence-electron chi connectivity index (χ4n) is 1.99. The molecule has 1 saturated carbocycles. The Kier molecular flexibility index (Phi) is 4.24. The minimum atomic E-state index is 0.709. The number of rotatable bonds is 7. The van der Waals surface area contributed by atoms with Crippen LogP contribution in [0.4, 0.5) is 0 Å². The zero-order valence-electron chi connectivity index (χ0n) is 9.53. The minimum absolute atomic E-state index is 0.709. The molecule has 1 fully saturated rings.